The number of benzene rings is 2. The van der Waals surface area contributed by atoms with Gasteiger partial charge in [0.1, 0.15) is 11.9 Å². The first kappa shape index (κ1) is 14.5. The van der Waals surface area contributed by atoms with E-state index in [9.17, 15) is 14.0 Å². The second-order valence-corrected chi connectivity index (χ2v) is 5.39. The maximum Gasteiger partial charge on any atom is 0.256 e. The molecule has 1 aliphatic heterocycles. The maximum atomic E-state index is 12.9. The smallest absolute Gasteiger partial charge is 0.256 e. The van der Waals surface area contributed by atoms with Gasteiger partial charge in [-0.15, -0.1) is 0 Å². The minimum absolute atomic E-state index is 0.0544. The van der Waals surface area contributed by atoms with Gasteiger partial charge in [0.15, 0.2) is 0 Å². The van der Waals surface area contributed by atoms with Crippen LogP contribution in [0, 0.1) is 5.82 Å². The summed E-state index contributed by atoms with van der Waals surface area (Å²) in [6.45, 7) is 0. The van der Waals surface area contributed by atoms with Crippen LogP contribution in [0.1, 0.15) is 6.42 Å². The van der Waals surface area contributed by atoms with Crippen LogP contribution in [0.15, 0.2) is 48.5 Å². The number of anilines is 2. The normalized spacial score (nSPS) is 17.9. The molecule has 0 spiro atoms. The van der Waals surface area contributed by atoms with Gasteiger partial charge in [-0.1, -0.05) is 11.6 Å². The summed E-state index contributed by atoms with van der Waals surface area (Å²) in [7, 11) is 0. The zero-order valence-corrected chi connectivity index (χ0v) is 12.2. The lowest BCUT2D eigenvalue weighted by atomic mass is 10.2. The Balaban J connectivity index is 1.79. The molecule has 112 valence electrons. The molecule has 1 atom stereocenters. The molecule has 22 heavy (non-hydrogen) atoms. The summed E-state index contributed by atoms with van der Waals surface area (Å²) in [5.74, 6) is -0.981. The van der Waals surface area contributed by atoms with E-state index in [1.54, 1.807) is 24.3 Å². The van der Waals surface area contributed by atoms with E-state index in [-0.39, 0.29) is 24.1 Å². The zero-order valence-electron chi connectivity index (χ0n) is 11.4. The van der Waals surface area contributed by atoms with Crippen molar-refractivity contribution >= 4 is 34.8 Å². The molecule has 0 saturated carbocycles. The number of amides is 2. The largest absolute Gasteiger partial charge is 0.373 e. The fourth-order valence-corrected chi connectivity index (χ4v) is 2.48. The van der Waals surface area contributed by atoms with Gasteiger partial charge in [0.2, 0.25) is 5.91 Å². The van der Waals surface area contributed by atoms with Crippen molar-refractivity contribution < 1.29 is 14.0 Å². The van der Waals surface area contributed by atoms with Crippen LogP contribution in [0.3, 0.4) is 0 Å². The van der Waals surface area contributed by atoms with Gasteiger partial charge >= 0.3 is 0 Å². The number of carbonyl (C=O) groups excluding carboxylic acids is 2. The standard InChI is InChI=1S/C16H12ClFN2O2/c17-10-1-7-13(8-2-10)20-15(21)9-14(16(20)22)19-12-5-3-11(18)4-6-12/h1-8,14,19H,9H2/t14-/m0/s1. The molecule has 2 aromatic rings. The second-order valence-electron chi connectivity index (χ2n) is 4.95. The van der Waals surface area contributed by atoms with Crippen molar-refractivity contribution in [1.82, 2.24) is 0 Å². The Kier molecular flexibility index (Phi) is 3.81. The highest BCUT2D eigenvalue weighted by Gasteiger charge is 2.39. The van der Waals surface area contributed by atoms with Gasteiger partial charge < -0.3 is 5.32 Å². The summed E-state index contributed by atoms with van der Waals surface area (Å²) < 4.78 is 12.9. The highest BCUT2D eigenvalue weighted by molar-refractivity contribution is 6.30. The molecular formula is C16H12ClFN2O2. The predicted octanol–water partition coefficient (Wildman–Crippen LogP) is 3.22. The van der Waals surface area contributed by atoms with Crippen LogP contribution in [0.5, 0.6) is 0 Å². The summed E-state index contributed by atoms with van der Waals surface area (Å²) in [6.07, 6.45) is 0.0544. The van der Waals surface area contributed by atoms with Gasteiger partial charge in [-0.05, 0) is 48.5 Å². The lowest BCUT2D eigenvalue weighted by Crippen LogP contribution is -2.34. The van der Waals surface area contributed by atoms with E-state index in [1.165, 1.54) is 24.3 Å². The van der Waals surface area contributed by atoms with Crippen LogP contribution in [0.2, 0.25) is 5.02 Å². The Labute approximate surface area is 131 Å². The first-order valence-electron chi connectivity index (χ1n) is 6.69. The van der Waals surface area contributed by atoms with E-state index < -0.39 is 6.04 Å². The molecule has 2 amide bonds. The van der Waals surface area contributed by atoms with Crippen molar-refractivity contribution in [2.24, 2.45) is 0 Å². The third-order valence-corrected chi connectivity index (χ3v) is 3.67. The van der Waals surface area contributed by atoms with Crippen LogP contribution in [0.4, 0.5) is 15.8 Å². The quantitative estimate of drug-likeness (QED) is 0.884. The molecule has 1 heterocycles. The molecular weight excluding hydrogens is 307 g/mol. The number of rotatable bonds is 3. The van der Waals surface area contributed by atoms with Gasteiger partial charge in [-0.2, -0.15) is 0 Å². The zero-order chi connectivity index (χ0) is 15.7. The highest BCUT2D eigenvalue weighted by Crippen LogP contribution is 2.26. The fraction of sp³-hybridized carbons (Fsp3) is 0.125. The Morgan fingerprint density at radius 2 is 1.68 bits per heavy atom. The predicted molar refractivity (Wildman–Crippen MR) is 82.4 cm³/mol. The van der Waals surface area contributed by atoms with E-state index in [0.29, 0.717) is 16.4 Å². The number of carbonyl (C=O) groups is 2. The molecule has 4 nitrogen and oxygen atoms in total. The molecule has 1 aliphatic rings. The molecule has 3 rings (SSSR count). The lowest BCUT2D eigenvalue weighted by Gasteiger charge is -2.16. The number of hydrogen-bond acceptors (Lipinski definition) is 3. The van der Waals surface area contributed by atoms with E-state index >= 15 is 0 Å². The van der Waals surface area contributed by atoms with Gasteiger partial charge in [-0.3, -0.25) is 9.59 Å². The molecule has 0 aromatic heterocycles. The topological polar surface area (TPSA) is 49.4 Å². The van der Waals surface area contributed by atoms with Crippen LogP contribution in [-0.4, -0.2) is 17.9 Å². The summed E-state index contributed by atoms with van der Waals surface area (Å²) in [4.78, 5) is 25.6. The second kappa shape index (κ2) is 5.77. The number of halogens is 2. The minimum Gasteiger partial charge on any atom is -0.373 e. The molecule has 6 heteroatoms. The fourth-order valence-electron chi connectivity index (χ4n) is 2.35. The number of nitrogens with one attached hydrogen (secondary N) is 1. The first-order valence-corrected chi connectivity index (χ1v) is 7.07. The van der Waals surface area contributed by atoms with Crippen LogP contribution in [-0.2, 0) is 9.59 Å². The van der Waals surface area contributed by atoms with Gasteiger partial charge in [0.05, 0.1) is 12.1 Å². The third-order valence-electron chi connectivity index (χ3n) is 3.42. The Morgan fingerprint density at radius 1 is 1.05 bits per heavy atom. The van der Waals surface area contributed by atoms with E-state index in [1.807, 2.05) is 0 Å². The van der Waals surface area contributed by atoms with Gasteiger partial charge in [0.25, 0.3) is 5.91 Å². The van der Waals surface area contributed by atoms with E-state index in [4.69, 9.17) is 11.6 Å². The summed E-state index contributed by atoms with van der Waals surface area (Å²) in [6, 6.07) is 11.5. The lowest BCUT2D eigenvalue weighted by molar-refractivity contribution is -0.121. The minimum atomic E-state index is -0.659. The van der Waals surface area contributed by atoms with Crippen molar-refractivity contribution in [1.29, 1.82) is 0 Å². The third kappa shape index (κ3) is 2.80. The first-order chi connectivity index (χ1) is 10.5. The van der Waals surface area contributed by atoms with Crippen molar-refractivity contribution in [2.45, 2.75) is 12.5 Å². The molecule has 0 radical (unpaired) electrons. The average molecular weight is 319 g/mol. The number of hydrogen-bond donors (Lipinski definition) is 1. The molecule has 1 saturated heterocycles. The summed E-state index contributed by atoms with van der Waals surface area (Å²) >= 11 is 5.81. The molecule has 0 bridgehead atoms. The molecule has 0 unspecified atom stereocenters. The van der Waals surface area contributed by atoms with Gasteiger partial charge in [-0.25, -0.2) is 9.29 Å². The van der Waals surface area contributed by atoms with Crippen LogP contribution >= 0.6 is 11.6 Å². The average Bonchev–Trinajstić information content (AvgIpc) is 2.77. The maximum absolute atomic E-state index is 12.9. The van der Waals surface area contributed by atoms with E-state index in [2.05, 4.69) is 5.32 Å². The Morgan fingerprint density at radius 3 is 2.32 bits per heavy atom. The van der Waals surface area contributed by atoms with Crippen LogP contribution in [0.25, 0.3) is 0 Å². The van der Waals surface area contributed by atoms with E-state index in [0.717, 1.165) is 4.90 Å². The van der Waals surface area contributed by atoms with Crippen molar-refractivity contribution in [3.05, 3.63) is 59.4 Å². The summed E-state index contributed by atoms with van der Waals surface area (Å²) in [5.41, 5.74) is 1.08. The van der Waals surface area contributed by atoms with Gasteiger partial charge in [0, 0.05) is 10.7 Å². The van der Waals surface area contributed by atoms with Crippen LogP contribution < -0.4 is 10.2 Å². The Bertz CT molecular complexity index is 716. The summed E-state index contributed by atoms with van der Waals surface area (Å²) in [5, 5.41) is 3.49. The van der Waals surface area contributed by atoms with Crippen molar-refractivity contribution in [2.75, 3.05) is 10.2 Å². The number of nitrogens with zero attached hydrogens (tertiary/aromatic N) is 1. The Hall–Kier alpha value is -2.40. The SMILES string of the molecule is O=C1C[C@H](Nc2ccc(F)cc2)C(=O)N1c1ccc(Cl)cc1. The molecule has 2 aromatic carbocycles. The molecule has 1 N–H and O–H groups in total. The highest BCUT2D eigenvalue weighted by atomic mass is 35.5. The number of imide groups is 1. The van der Waals surface area contributed by atoms with Crippen molar-refractivity contribution in [3.63, 3.8) is 0 Å². The van der Waals surface area contributed by atoms with Crippen molar-refractivity contribution in [3.8, 4) is 0 Å². The molecule has 1 fully saturated rings. The molecule has 0 aliphatic carbocycles. The monoisotopic (exact) mass is 318 g/mol.